The van der Waals surface area contributed by atoms with Crippen molar-refractivity contribution in [2.45, 2.75) is 18.9 Å². The van der Waals surface area contributed by atoms with E-state index in [1.54, 1.807) is 0 Å². The van der Waals surface area contributed by atoms with Crippen LogP contribution in [0, 0.1) is 0 Å². The van der Waals surface area contributed by atoms with Gasteiger partial charge in [-0.25, -0.2) is 0 Å². The Bertz CT molecular complexity index is 447. The lowest BCUT2D eigenvalue weighted by Gasteiger charge is -2.29. The van der Waals surface area contributed by atoms with Crippen LogP contribution in [0.5, 0.6) is 0 Å². The average Bonchev–Trinajstić information content (AvgIpc) is 2.49. The van der Waals surface area contributed by atoms with Gasteiger partial charge in [-0.3, -0.25) is 0 Å². The number of nitrogens with one attached hydrogen (secondary N) is 1. The zero-order chi connectivity index (χ0) is 13.6. The van der Waals surface area contributed by atoms with Gasteiger partial charge in [0.05, 0.1) is 0 Å². The van der Waals surface area contributed by atoms with Gasteiger partial charge in [0.25, 0.3) is 0 Å². The van der Waals surface area contributed by atoms with Gasteiger partial charge in [-0.05, 0) is 30.6 Å². The van der Waals surface area contributed by atoms with E-state index >= 15 is 0 Å². The second-order valence-electron chi connectivity index (χ2n) is 4.70. The van der Waals surface area contributed by atoms with Crippen LogP contribution in [0.1, 0.15) is 24.5 Å². The van der Waals surface area contributed by atoms with Crippen molar-refractivity contribution in [3.8, 4) is 0 Å². The maximum atomic E-state index is 11.1. The summed E-state index contributed by atoms with van der Waals surface area (Å²) < 4.78 is 0. The first-order chi connectivity index (χ1) is 9.27. The topological polar surface area (TPSA) is 32.3 Å². The maximum absolute atomic E-state index is 11.1. The number of benzene rings is 2. The van der Waals surface area contributed by atoms with E-state index in [4.69, 9.17) is 0 Å². The second-order valence-corrected chi connectivity index (χ2v) is 4.70. The van der Waals surface area contributed by atoms with Crippen molar-refractivity contribution in [2.24, 2.45) is 0 Å². The Morgan fingerprint density at radius 1 is 0.900 bits per heavy atom. The summed E-state index contributed by atoms with van der Waals surface area (Å²) in [5, 5.41) is 14.4. The van der Waals surface area contributed by atoms with E-state index in [9.17, 15) is 5.11 Å². The molecule has 2 aromatic rings. The molecule has 0 atom stereocenters. The van der Waals surface area contributed by atoms with Gasteiger partial charge in [0.1, 0.15) is 5.60 Å². The number of hydrogen-bond donors (Lipinski definition) is 2. The quantitative estimate of drug-likeness (QED) is 0.800. The summed E-state index contributed by atoms with van der Waals surface area (Å²) in [6, 6.07) is 19.8. The van der Waals surface area contributed by atoms with Crippen LogP contribution in [0.25, 0.3) is 0 Å². The van der Waals surface area contributed by atoms with Crippen LogP contribution in [-0.4, -0.2) is 18.2 Å². The summed E-state index contributed by atoms with van der Waals surface area (Å²) in [5.41, 5.74) is 0.961. The molecule has 0 saturated carbocycles. The van der Waals surface area contributed by atoms with Crippen molar-refractivity contribution < 1.29 is 5.11 Å². The van der Waals surface area contributed by atoms with Gasteiger partial charge in [-0.15, -0.1) is 12.4 Å². The van der Waals surface area contributed by atoms with Gasteiger partial charge < -0.3 is 10.4 Å². The van der Waals surface area contributed by atoms with Crippen molar-refractivity contribution in [1.29, 1.82) is 0 Å². The minimum atomic E-state index is -0.926. The van der Waals surface area contributed by atoms with Gasteiger partial charge in [-0.1, -0.05) is 67.6 Å². The van der Waals surface area contributed by atoms with Gasteiger partial charge in [0.2, 0.25) is 0 Å². The molecule has 2 nitrogen and oxygen atoms in total. The van der Waals surface area contributed by atoms with E-state index in [2.05, 4.69) is 12.2 Å². The fourth-order valence-electron chi connectivity index (χ4n) is 2.33. The van der Waals surface area contributed by atoms with E-state index in [1.807, 2.05) is 60.7 Å². The Hall–Kier alpha value is -1.35. The first kappa shape index (κ1) is 16.7. The Kier molecular flexibility index (Phi) is 6.73. The third-order valence-electron chi connectivity index (χ3n) is 3.42. The molecule has 0 unspecified atom stereocenters. The lowest BCUT2D eigenvalue weighted by atomic mass is 9.83. The van der Waals surface area contributed by atoms with Crippen molar-refractivity contribution >= 4 is 12.4 Å². The predicted molar refractivity (Wildman–Crippen MR) is 86.3 cm³/mol. The van der Waals surface area contributed by atoms with Crippen molar-refractivity contribution in [1.82, 2.24) is 5.32 Å². The van der Waals surface area contributed by atoms with E-state index in [1.165, 1.54) is 0 Å². The molecule has 2 N–H and O–H groups in total. The average molecular weight is 292 g/mol. The second kappa shape index (κ2) is 8.05. The fraction of sp³-hybridized carbons (Fsp3) is 0.294. The largest absolute Gasteiger partial charge is 0.380 e. The van der Waals surface area contributed by atoms with E-state index in [0.29, 0.717) is 6.42 Å². The summed E-state index contributed by atoms with van der Waals surface area (Å²) in [4.78, 5) is 0. The molecule has 108 valence electrons. The molecule has 20 heavy (non-hydrogen) atoms. The highest BCUT2D eigenvalue weighted by Gasteiger charge is 2.30. The van der Waals surface area contributed by atoms with Crippen LogP contribution in [0.2, 0.25) is 0 Å². The van der Waals surface area contributed by atoms with Gasteiger partial charge >= 0.3 is 0 Å². The Morgan fingerprint density at radius 2 is 1.35 bits per heavy atom. The SMILES string of the molecule is CCNCCC(O)(c1ccccc1)c1ccccc1.Cl. The molecular formula is C17H22ClNO. The van der Waals surface area contributed by atoms with Gasteiger partial charge in [-0.2, -0.15) is 0 Å². The molecule has 3 heteroatoms. The fourth-order valence-corrected chi connectivity index (χ4v) is 2.33. The zero-order valence-corrected chi connectivity index (χ0v) is 12.6. The number of rotatable bonds is 6. The zero-order valence-electron chi connectivity index (χ0n) is 11.8. The third kappa shape index (κ3) is 3.83. The molecular weight excluding hydrogens is 270 g/mol. The molecule has 0 radical (unpaired) electrons. The molecule has 0 spiro atoms. The van der Waals surface area contributed by atoms with Crippen LogP contribution in [-0.2, 0) is 5.60 Å². The van der Waals surface area contributed by atoms with E-state index in [0.717, 1.165) is 24.2 Å². The van der Waals surface area contributed by atoms with Crippen LogP contribution in [0.3, 0.4) is 0 Å². The molecule has 0 aliphatic rings. The summed E-state index contributed by atoms with van der Waals surface area (Å²) in [6.07, 6.45) is 0.662. The predicted octanol–water partition coefficient (Wildman–Crippen LogP) is 3.34. The van der Waals surface area contributed by atoms with Crippen LogP contribution in [0.4, 0.5) is 0 Å². The van der Waals surface area contributed by atoms with E-state index < -0.39 is 5.60 Å². The van der Waals surface area contributed by atoms with Crippen molar-refractivity contribution in [2.75, 3.05) is 13.1 Å². The Labute approximate surface area is 127 Å². The molecule has 0 aromatic heterocycles. The smallest absolute Gasteiger partial charge is 0.116 e. The first-order valence-electron chi connectivity index (χ1n) is 6.81. The van der Waals surface area contributed by atoms with Crippen molar-refractivity contribution in [3.05, 3.63) is 71.8 Å². The molecule has 0 aliphatic carbocycles. The minimum absolute atomic E-state index is 0. The molecule has 0 aliphatic heterocycles. The Balaban J connectivity index is 0.00000200. The number of hydrogen-bond acceptors (Lipinski definition) is 2. The maximum Gasteiger partial charge on any atom is 0.116 e. The Morgan fingerprint density at radius 3 is 1.75 bits per heavy atom. The monoisotopic (exact) mass is 291 g/mol. The molecule has 0 bridgehead atoms. The molecule has 2 rings (SSSR count). The highest BCUT2D eigenvalue weighted by Crippen LogP contribution is 2.32. The normalized spacial score (nSPS) is 10.9. The highest BCUT2D eigenvalue weighted by molar-refractivity contribution is 5.85. The summed E-state index contributed by atoms with van der Waals surface area (Å²) in [6.45, 7) is 3.78. The van der Waals surface area contributed by atoms with Gasteiger partial charge in [0.15, 0.2) is 0 Å². The van der Waals surface area contributed by atoms with Crippen LogP contribution >= 0.6 is 12.4 Å². The summed E-state index contributed by atoms with van der Waals surface area (Å²) >= 11 is 0. The van der Waals surface area contributed by atoms with Crippen LogP contribution in [0.15, 0.2) is 60.7 Å². The lowest BCUT2D eigenvalue weighted by molar-refractivity contribution is 0.0713. The van der Waals surface area contributed by atoms with Gasteiger partial charge in [0, 0.05) is 0 Å². The minimum Gasteiger partial charge on any atom is -0.380 e. The highest BCUT2D eigenvalue weighted by atomic mass is 35.5. The first-order valence-corrected chi connectivity index (χ1v) is 6.81. The van der Waals surface area contributed by atoms with E-state index in [-0.39, 0.29) is 12.4 Å². The molecule has 2 aromatic carbocycles. The molecule has 0 heterocycles. The molecule has 0 saturated heterocycles. The third-order valence-corrected chi connectivity index (χ3v) is 3.42. The van der Waals surface area contributed by atoms with Crippen LogP contribution < -0.4 is 5.32 Å². The summed E-state index contributed by atoms with van der Waals surface area (Å²) in [5.74, 6) is 0. The molecule has 0 fully saturated rings. The molecule has 0 amide bonds. The standard InChI is InChI=1S/C17H21NO.ClH/c1-2-18-14-13-17(19,15-9-5-3-6-10-15)16-11-7-4-8-12-16;/h3-12,18-19H,2,13-14H2,1H3;1H. The number of halogens is 1. The van der Waals surface area contributed by atoms with Crippen molar-refractivity contribution in [3.63, 3.8) is 0 Å². The summed E-state index contributed by atoms with van der Waals surface area (Å²) in [7, 11) is 0. The lowest BCUT2D eigenvalue weighted by Crippen LogP contribution is -2.32. The number of aliphatic hydroxyl groups is 1.